The lowest BCUT2D eigenvalue weighted by molar-refractivity contribution is 0.169. The summed E-state index contributed by atoms with van der Waals surface area (Å²) < 4.78 is 13.5. The number of aliphatic hydroxyl groups excluding tert-OH is 1. The van der Waals surface area contributed by atoms with E-state index < -0.39 is 18.0 Å². The largest absolute Gasteiger partial charge is 0.386 e. The first-order valence-corrected chi connectivity index (χ1v) is 7.06. The number of urea groups is 1. The molecule has 5 heteroatoms. The van der Waals surface area contributed by atoms with E-state index in [-0.39, 0.29) is 12.1 Å². The van der Waals surface area contributed by atoms with Crippen LogP contribution in [0.1, 0.15) is 22.8 Å². The van der Waals surface area contributed by atoms with Crippen LogP contribution in [0.4, 0.5) is 9.18 Å². The Morgan fingerprint density at radius 1 is 1.14 bits per heavy atom. The molecular weight excluding hydrogens is 283 g/mol. The Morgan fingerprint density at radius 2 is 1.82 bits per heavy atom. The Hall–Kier alpha value is -2.40. The van der Waals surface area contributed by atoms with Crippen LogP contribution in [0.5, 0.6) is 0 Å². The van der Waals surface area contributed by atoms with Gasteiger partial charge in [0.25, 0.3) is 0 Å². The van der Waals surface area contributed by atoms with Crippen molar-refractivity contribution < 1.29 is 14.3 Å². The molecule has 0 unspecified atom stereocenters. The first kappa shape index (κ1) is 16.0. The molecule has 3 N–H and O–H groups in total. The molecule has 2 aromatic carbocycles. The third-order valence-electron chi connectivity index (χ3n) is 3.29. The SMILES string of the molecule is Cc1ccc(CNC(=O)NC[C@@H](O)c2ccccc2F)cc1. The summed E-state index contributed by atoms with van der Waals surface area (Å²) in [4.78, 5) is 11.7. The van der Waals surface area contributed by atoms with E-state index >= 15 is 0 Å². The van der Waals surface area contributed by atoms with Crippen molar-refractivity contribution in [2.45, 2.75) is 19.6 Å². The van der Waals surface area contributed by atoms with Crippen molar-refractivity contribution in [2.75, 3.05) is 6.54 Å². The van der Waals surface area contributed by atoms with Gasteiger partial charge >= 0.3 is 6.03 Å². The van der Waals surface area contributed by atoms with E-state index in [9.17, 15) is 14.3 Å². The summed E-state index contributed by atoms with van der Waals surface area (Å²) in [7, 11) is 0. The maximum absolute atomic E-state index is 13.5. The molecule has 2 amide bonds. The number of rotatable bonds is 5. The normalized spacial score (nSPS) is 11.8. The number of hydrogen-bond acceptors (Lipinski definition) is 2. The van der Waals surface area contributed by atoms with Crippen LogP contribution in [0, 0.1) is 12.7 Å². The van der Waals surface area contributed by atoms with Crippen molar-refractivity contribution in [1.82, 2.24) is 10.6 Å². The Bertz CT molecular complexity index is 629. The lowest BCUT2D eigenvalue weighted by Crippen LogP contribution is -2.37. The van der Waals surface area contributed by atoms with Crippen molar-refractivity contribution in [3.63, 3.8) is 0 Å². The van der Waals surface area contributed by atoms with Gasteiger partial charge in [-0.25, -0.2) is 9.18 Å². The van der Waals surface area contributed by atoms with Gasteiger partial charge in [-0.1, -0.05) is 48.0 Å². The van der Waals surface area contributed by atoms with Gasteiger partial charge in [-0.15, -0.1) is 0 Å². The van der Waals surface area contributed by atoms with Gasteiger partial charge in [0.05, 0.1) is 6.10 Å². The van der Waals surface area contributed by atoms with Crippen LogP contribution in [-0.2, 0) is 6.54 Å². The molecule has 0 saturated carbocycles. The highest BCUT2D eigenvalue weighted by molar-refractivity contribution is 5.73. The first-order chi connectivity index (χ1) is 10.6. The molecule has 0 aliphatic heterocycles. The lowest BCUT2D eigenvalue weighted by atomic mass is 10.1. The minimum Gasteiger partial charge on any atom is -0.386 e. The van der Waals surface area contributed by atoms with E-state index in [1.165, 1.54) is 12.1 Å². The van der Waals surface area contributed by atoms with Gasteiger partial charge < -0.3 is 15.7 Å². The van der Waals surface area contributed by atoms with Gasteiger partial charge in [0.15, 0.2) is 0 Å². The molecule has 22 heavy (non-hydrogen) atoms. The van der Waals surface area contributed by atoms with Gasteiger partial charge in [0.2, 0.25) is 0 Å². The number of benzene rings is 2. The van der Waals surface area contributed by atoms with E-state index in [4.69, 9.17) is 0 Å². The summed E-state index contributed by atoms with van der Waals surface area (Å²) in [5.41, 5.74) is 2.30. The molecule has 1 atom stereocenters. The maximum Gasteiger partial charge on any atom is 0.315 e. The zero-order valence-corrected chi connectivity index (χ0v) is 12.3. The average molecular weight is 302 g/mol. The van der Waals surface area contributed by atoms with Crippen LogP contribution in [0.25, 0.3) is 0 Å². The highest BCUT2D eigenvalue weighted by Gasteiger charge is 2.13. The van der Waals surface area contributed by atoms with Crippen molar-refractivity contribution in [3.8, 4) is 0 Å². The lowest BCUT2D eigenvalue weighted by Gasteiger charge is -2.13. The minimum atomic E-state index is -1.08. The Balaban J connectivity index is 1.78. The molecule has 0 aliphatic rings. The fraction of sp³-hybridized carbons (Fsp3) is 0.235. The van der Waals surface area contributed by atoms with Gasteiger partial charge in [0, 0.05) is 18.7 Å². The van der Waals surface area contributed by atoms with Gasteiger partial charge in [-0.2, -0.15) is 0 Å². The van der Waals surface area contributed by atoms with E-state index in [2.05, 4.69) is 10.6 Å². The third kappa shape index (κ3) is 4.56. The maximum atomic E-state index is 13.5. The van der Waals surface area contributed by atoms with Crippen LogP contribution in [-0.4, -0.2) is 17.7 Å². The van der Waals surface area contributed by atoms with Crippen LogP contribution in [0.15, 0.2) is 48.5 Å². The van der Waals surface area contributed by atoms with Crippen LogP contribution >= 0.6 is 0 Å². The number of nitrogens with one attached hydrogen (secondary N) is 2. The Morgan fingerprint density at radius 3 is 2.50 bits per heavy atom. The summed E-state index contributed by atoms with van der Waals surface area (Å²) in [5, 5.41) is 15.1. The van der Waals surface area contributed by atoms with E-state index in [0.29, 0.717) is 6.54 Å². The Kier molecular flexibility index (Phi) is 5.49. The molecule has 0 fully saturated rings. The predicted octanol–water partition coefficient (Wildman–Crippen LogP) is 2.67. The number of aryl methyl sites for hydroxylation is 1. The molecule has 2 rings (SSSR count). The number of carbonyl (C=O) groups is 1. The van der Waals surface area contributed by atoms with E-state index in [1.807, 2.05) is 31.2 Å². The second-order valence-corrected chi connectivity index (χ2v) is 5.09. The summed E-state index contributed by atoms with van der Waals surface area (Å²) in [6.45, 7) is 2.33. The second-order valence-electron chi connectivity index (χ2n) is 5.09. The number of aliphatic hydroxyl groups is 1. The first-order valence-electron chi connectivity index (χ1n) is 7.06. The third-order valence-corrected chi connectivity index (χ3v) is 3.29. The smallest absolute Gasteiger partial charge is 0.315 e. The predicted molar refractivity (Wildman–Crippen MR) is 82.8 cm³/mol. The monoisotopic (exact) mass is 302 g/mol. The molecule has 0 spiro atoms. The molecule has 0 saturated heterocycles. The fourth-order valence-corrected chi connectivity index (χ4v) is 2.00. The number of carbonyl (C=O) groups excluding carboxylic acids is 1. The molecular formula is C17H19FN2O2. The summed E-state index contributed by atoms with van der Waals surface area (Å²) >= 11 is 0. The van der Waals surface area contributed by atoms with E-state index in [0.717, 1.165) is 11.1 Å². The summed E-state index contributed by atoms with van der Waals surface area (Å²) in [6.07, 6.45) is -1.08. The highest BCUT2D eigenvalue weighted by atomic mass is 19.1. The average Bonchev–Trinajstić information content (AvgIpc) is 2.52. The molecule has 116 valence electrons. The van der Waals surface area contributed by atoms with Crippen LogP contribution in [0.2, 0.25) is 0 Å². The van der Waals surface area contributed by atoms with Crippen molar-refractivity contribution in [3.05, 3.63) is 71.0 Å². The molecule has 0 bridgehead atoms. The standard InChI is InChI=1S/C17H19FN2O2/c1-12-6-8-13(9-7-12)10-19-17(22)20-11-16(21)14-4-2-3-5-15(14)18/h2-9,16,21H,10-11H2,1H3,(H2,19,20,22)/t16-/m1/s1. The number of hydrogen-bond donors (Lipinski definition) is 3. The molecule has 2 aromatic rings. The van der Waals surface area contributed by atoms with Crippen LogP contribution in [0.3, 0.4) is 0 Å². The zero-order valence-electron chi connectivity index (χ0n) is 12.3. The molecule has 0 radical (unpaired) electrons. The fourth-order valence-electron chi connectivity index (χ4n) is 2.00. The van der Waals surface area contributed by atoms with Crippen molar-refractivity contribution in [2.24, 2.45) is 0 Å². The molecule has 0 aromatic heterocycles. The number of halogens is 1. The molecule has 0 aliphatic carbocycles. The Labute approximate surface area is 129 Å². The minimum absolute atomic E-state index is 0.0549. The van der Waals surface area contributed by atoms with Gasteiger partial charge in [-0.3, -0.25) is 0 Å². The summed E-state index contributed by atoms with van der Waals surface area (Å²) in [5.74, 6) is -0.489. The highest BCUT2D eigenvalue weighted by Crippen LogP contribution is 2.15. The van der Waals surface area contributed by atoms with Crippen molar-refractivity contribution >= 4 is 6.03 Å². The topological polar surface area (TPSA) is 61.4 Å². The number of amides is 2. The summed E-state index contributed by atoms with van der Waals surface area (Å²) in [6, 6.07) is 13.4. The quantitative estimate of drug-likeness (QED) is 0.795. The van der Waals surface area contributed by atoms with E-state index in [1.54, 1.807) is 12.1 Å². The second kappa shape index (κ2) is 7.56. The molecule has 0 heterocycles. The van der Waals surface area contributed by atoms with Crippen molar-refractivity contribution in [1.29, 1.82) is 0 Å². The van der Waals surface area contributed by atoms with Gasteiger partial charge in [-0.05, 0) is 18.6 Å². The molecule has 4 nitrogen and oxygen atoms in total. The van der Waals surface area contributed by atoms with Crippen LogP contribution < -0.4 is 10.6 Å². The van der Waals surface area contributed by atoms with Gasteiger partial charge in [0.1, 0.15) is 5.82 Å². The zero-order chi connectivity index (χ0) is 15.9.